The fourth-order valence-electron chi connectivity index (χ4n) is 1.62. The van der Waals surface area contributed by atoms with Crippen molar-refractivity contribution in [3.05, 3.63) is 5.82 Å². The molecule has 0 saturated carbocycles. The average Bonchev–Trinajstić information content (AvgIpc) is 2.75. The third-order valence-electron chi connectivity index (χ3n) is 3.05. The number of carboxylic acids is 1. The molecule has 0 aliphatic carbocycles. The van der Waals surface area contributed by atoms with Crippen molar-refractivity contribution in [3.63, 3.8) is 0 Å². The summed E-state index contributed by atoms with van der Waals surface area (Å²) >= 11 is 1.38. The van der Waals surface area contributed by atoms with E-state index < -0.39 is 5.97 Å². The van der Waals surface area contributed by atoms with Crippen LogP contribution in [0, 0.1) is 5.41 Å². The van der Waals surface area contributed by atoms with Gasteiger partial charge in [0.25, 0.3) is 0 Å². The first kappa shape index (κ1) is 15.9. The van der Waals surface area contributed by atoms with E-state index in [4.69, 9.17) is 5.11 Å². The molecule has 0 bridgehead atoms. The van der Waals surface area contributed by atoms with E-state index in [9.17, 15) is 4.79 Å². The first-order chi connectivity index (χ1) is 8.80. The van der Waals surface area contributed by atoms with Crippen LogP contribution in [0.3, 0.4) is 0 Å². The Hall–Kier alpha value is -1.17. The minimum atomic E-state index is -0.730. The quantitative estimate of drug-likeness (QED) is 0.766. The minimum Gasteiger partial charge on any atom is -0.481 e. The summed E-state index contributed by atoms with van der Waals surface area (Å²) in [4.78, 5) is 15.0. The molecule has 2 N–H and O–H groups in total. The first-order valence-electron chi connectivity index (χ1n) is 6.59. The van der Waals surface area contributed by atoms with Gasteiger partial charge in [-0.3, -0.25) is 4.79 Å². The van der Waals surface area contributed by atoms with Gasteiger partial charge in [-0.05, 0) is 18.3 Å². The van der Waals surface area contributed by atoms with E-state index in [0.717, 1.165) is 23.9 Å². The second-order valence-corrected chi connectivity index (χ2v) is 6.60. The van der Waals surface area contributed by atoms with Gasteiger partial charge in [-0.1, -0.05) is 27.7 Å². The molecule has 6 heteroatoms. The fraction of sp³-hybridized carbons (Fsp3) is 0.769. The number of aliphatic carboxylic acids is 1. The highest BCUT2D eigenvalue weighted by Gasteiger charge is 2.19. The molecule has 0 unspecified atom stereocenters. The largest absolute Gasteiger partial charge is 0.481 e. The number of aromatic nitrogens is 2. The van der Waals surface area contributed by atoms with Crippen molar-refractivity contribution in [1.82, 2.24) is 9.36 Å². The zero-order valence-electron chi connectivity index (χ0n) is 12.1. The standard InChI is InChI=1S/C13H23N3O2S/c1-9(2)11-15-12(19-16-11)14-8-7-13(3,4)6-5-10(17)18/h9H,5-8H2,1-4H3,(H,17,18)(H,14,15,16). The lowest BCUT2D eigenvalue weighted by molar-refractivity contribution is -0.137. The fourth-order valence-corrected chi connectivity index (χ4v) is 2.35. The molecule has 0 aliphatic heterocycles. The molecule has 0 fully saturated rings. The van der Waals surface area contributed by atoms with Crippen LogP contribution >= 0.6 is 11.5 Å². The highest BCUT2D eigenvalue weighted by atomic mass is 32.1. The summed E-state index contributed by atoms with van der Waals surface area (Å²) in [6.07, 6.45) is 1.83. The number of hydrogen-bond acceptors (Lipinski definition) is 5. The van der Waals surface area contributed by atoms with Crippen molar-refractivity contribution in [2.24, 2.45) is 5.41 Å². The number of carboxylic acid groups (broad SMARTS) is 1. The maximum absolute atomic E-state index is 10.6. The molecule has 0 aliphatic rings. The Morgan fingerprint density at radius 1 is 1.42 bits per heavy atom. The Bertz CT molecular complexity index is 416. The summed E-state index contributed by atoms with van der Waals surface area (Å²) in [6.45, 7) is 9.12. The van der Waals surface area contributed by atoms with Crippen molar-refractivity contribution in [3.8, 4) is 0 Å². The topological polar surface area (TPSA) is 75.1 Å². The van der Waals surface area contributed by atoms with Crippen LogP contribution in [0.4, 0.5) is 5.13 Å². The summed E-state index contributed by atoms with van der Waals surface area (Å²) in [5.74, 6) is 0.489. The number of hydrogen-bond donors (Lipinski definition) is 2. The van der Waals surface area contributed by atoms with Crippen molar-refractivity contribution in [2.75, 3.05) is 11.9 Å². The molecule has 5 nitrogen and oxygen atoms in total. The van der Waals surface area contributed by atoms with E-state index in [1.807, 2.05) is 0 Å². The predicted octanol–water partition coefficient (Wildman–Crippen LogP) is 3.35. The highest BCUT2D eigenvalue weighted by molar-refractivity contribution is 7.09. The molecule has 0 aromatic carbocycles. The van der Waals surface area contributed by atoms with E-state index in [1.54, 1.807) is 0 Å². The second-order valence-electron chi connectivity index (χ2n) is 5.85. The number of carbonyl (C=O) groups is 1. The van der Waals surface area contributed by atoms with Gasteiger partial charge >= 0.3 is 5.97 Å². The van der Waals surface area contributed by atoms with Crippen LogP contribution in [0.2, 0.25) is 0 Å². The van der Waals surface area contributed by atoms with Crippen molar-refractivity contribution >= 4 is 22.6 Å². The lowest BCUT2D eigenvalue weighted by Gasteiger charge is -2.23. The maximum Gasteiger partial charge on any atom is 0.303 e. The van der Waals surface area contributed by atoms with Crippen molar-refractivity contribution < 1.29 is 9.90 Å². The summed E-state index contributed by atoms with van der Waals surface area (Å²) < 4.78 is 4.28. The summed E-state index contributed by atoms with van der Waals surface area (Å²) in [5.41, 5.74) is 0.0248. The van der Waals surface area contributed by atoms with Gasteiger partial charge in [0, 0.05) is 30.4 Å². The first-order valence-corrected chi connectivity index (χ1v) is 7.37. The van der Waals surface area contributed by atoms with Crippen LogP contribution in [0.1, 0.15) is 58.7 Å². The Kier molecular flexibility index (Phi) is 5.72. The molecule has 1 aromatic heterocycles. The zero-order chi connectivity index (χ0) is 14.5. The Morgan fingerprint density at radius 2 is 2.11 bits per heavy atom. The van der Waals surface area contributed by atoms with Gasteiger partial charge < -0.3 is 10.4 Å². The van der Waals surface area contributed by atoms with Crippen molar-refractivity contribution in [2.45, 2.75) is 52.9 Å². The molecule has 0 spiro atoms. The molecule has 0 amide bonds. The lowest BCUT2D eigenvalue weighted by Crippen LogP contribution is -2.18. The van der Waals surface area contributed by atoms with Crippen LogP contribution < -0.4 is 5.32 Å². The smallest absolute Gasteiger partial charge is 0.303 e. The van der Waals surface area contributed by atoms with E-state index in [1.165, 1.54) is 11.5 Å². The second kappa shape index (κ2) is 6.84. The summed E-state index contributed by atoms with van der Waals surface area (Å²) in [7, 11) is 0. The number of anilines is 1. The maximum atomic E-state index is 10.6. The molecule has 19 heavy (non-hydrogen) atoms. The van der Waals surface area contributed by atoms with Crippen LogP contribution in [0.15, 0.2) is 0 Å². The molecule has 1 heterocycles. The molecule has 0 saturated heterocycles. The normalized spacial score (nSPS) is 11.8. The molecule has 1 aromatic rings. The monoisotopic (exact) mass is 285 g/mol. The predicted molar refractivity (Wildman–Crippen MR) is 77.8 cm³/mol. The van der Waals surface area contributed by atoms with E-state index in [2.05, 4.69) is 42.4 Å². The number of nitrogens with zero attached hydrogens (tertiary/aromatic N) is 2. The highest BCUT2D eigenvalue weighted by Crippen LogP contribution is 2.27. The number of rotatable bonds is 8. The van der Waals surface area contributed by atoms with Gasteiger partial charge in [-0.25, -0.2) is 4.98 Å². The minimum absolute atomic E-state index is 0.0248. The zero-order valence-corrected chi connectivity index (χ0v) is 12.9. The van der Waals surface area contributed by atoms with Gasteiger partial charge in [0.1, 0.15) is 5.82 Å². The molecular formula is C13H23N3O2S. The van der Waals surface area contributed by atoms with E-state index in [-0.39, 0.29) is 11.8 Å². The molecule has 1 rings (SSSR count). The third-order valence-corrected chi connectivity index (χ3v) is 3.74. The summed E-state index contributed by atoms with van der Waals surface area (Å²) in [5, 5.41) is 12.8. The molecular weight excluding hydrogens is 262 g/mol. The Labute approximate surface area is 118 Å². The van der Waals surface area contributed by atoms with E-state index >= 15 is 0 Å². The lowest BCUT2D eigenvalue weighted by atomic mass is 9.84. The Balaban J connectivity index is 2.34. The summed E-state index contributed by atoms with van der Waals surface area (Å²) in [6, 6.07) is 0. The average molecular weight is 285 g/mol. The number of nitrogens with one attached hydrogen (secondary N) is 1. The van der Waals surface area contributed by atoms with Gasteiger partial charge in [0.15, 0.2) is 0 Å². The Morgan fingerprint density at radius 3 is 2.63 bits per heavy atom. The van der Waals surface area contributed by atoms with Gasteiger partial charge in [-0.15, -0.1) is 0 Å². The SMILES string of the molecule is CC(C)c1nsc(NCCC(C)(C)CCC(=O)O)n1. The third kappa shape index (κ3) is 6.00. The van der Waals surface area contributed by atoms with E-state index in [0.29, 0.717) is 12.3 Å². The van der Waals surface area contributed by atoms with Crippen LogP contribution in [0.5, 0.6) is 0 Å². The molecule has 0 atom stereocenters. The van der Waals surface area contributed by atoms with Crippen LogP contribution in [0.25, 0.3) is 0 Å². The van der Waals surface area contributed by atoms with Gasteiger partial charge in [0.2, 0.25) is 5.13 Å². The van der Waals surface area contributed by atoms with Gasteiger partial charge in [0.05, 0.1) is 0 Å². The van der Waals surface area contributed by atoms with Crippen molar-refractivity contribution in [1.29, 1.82) is 0 Å². The molecule has 0 radical (unpaired) electrons. The molecule has 108 valence electrons. The van der Waals surface area contributed by atoms with Crippen LogP contribution in [-0.2, 0) is 4.79 Å². The van der Waals surface area contributed by atoms with Gasteiger partial charge in [-0.2, -0.15) is 4.37 Å². The van der Waals surface area contributed by atoms with Crippen LogP contribution in [-0.4, -0.2) is 27.0 Å².